The van der Waals surface area contributed by atoms with Gasteiger partial charge in [0.25, 0.3) is 0 Å². The largest absolute Gasteiger partial charge is 0.351 e. The fourth-order valence-electron chi connectivity index (χ4n) is 3.32. The molecule has 0 bridgehead atoms. The van der Waals surface area contributed by atoms with E-state index in [0.29, 0.717) is 19.0 Å². The molecule has 0 aliphatic carbocycles. The van der Waals surface area contributed by atoms with Crippen LogP contribution in [0.4, 0.5) is 16.4 Å². The molecule has 3 aromatic rings. The third kappa shape index (κ3) is 4.12. The summed E-state index contributed by atoms with van der Waals surface area (Å²) >= 11 is 1.67. The van der Waals surface area contributed by atoms with Gasteiger partial charge in [-0.05, 0) is 49.6 Å². The number of nitrogens with zero attached hydrogens (tertiary/aromatic N) is 4. The van der Waals surface area contributed by atoms with E-state index in [0.717, 1.165) is 45.6 Å². The zero-order valence-corrected chi connectivity index (χ0v) is 16.4. The molecule has 1 fully saturated rings. The number of amides is 2. The van der Waals surface area contributed by atoms with Gasteiger partial charge in [0.1, 0.15) is 11.6 Å². The first-order chi connectivity index (χ1) is 13.6. The normalized spacial score (nSPS) is 14.8. The third-order valence-electron chi connectivity index (χ3n) is 4.85. The second-order valence-electron chi connectivity index (χ2n) is 6.91. The third-order valence-corrected chi connectivity index (χ3v) is 6.03. The number of aromatic nitrogens is 3. The van der Waals surface area contributed by atoms with Crippen molar-refractivity contribution in [2.75, 3.05) is 18.4 Å². The fraction of sp³-hybridized carbons (Fsp3) is 0.300. The first-order valence-electron chi connectivity index (χ1n) is 9.26. The van der Waals surface area contributed by atoms with Crippen molar-refractivity contribution < 1.29 is 4.79 Å². The van der Waals surface area contributed by atoms with Crippen molar-refractivity contribution in [1.29, 1.82) is 0 Å². The van der Waals surface area contributed by atoms with Crippen LogP contribution in [0.1, 0.15) is 29.3 Å². The van der Waals surface area contributed by atoms with E-state index in [-0.39, 0.29) is 6.03 Å². The van der Waals surface area contributed by atoms with Crippen LogP contribution in [0.2, 0.25) is 0 Å². The summed E-state index contributed by atoms with van der Waals surface area (Å²) in [6.45, 7) is 3.41. The lowest BCUT2D eigenvalue weighted by Crippen LogP contribution is -2.41. The molecule has 1 aliphatic heterocycles. The Balaban J connectivity index is 1.47. The van der Waals surface area contributed by atoms with Gasteiger partial charge in [-0.25, -0.2) is 19.7 Å². The average Bonchev–Trinajstić information content (AvgIpc) is 3.19. The summed E-state index contributed by atoms with van der Waals surface area (Å²) in [4.78, 5) is 27.7. The first-order valence-corrected chi connectivity index (χ1v) is 10.1. The second-order valence-corrected chi connectivity index (χ2v) is 7.98. The van der Waals surface area contributed by atoms with Crippen molar-refractivity contribution in [3.63, 3.8) is 0 Å². The Morgan fingerprint density at radius 1 is 1.21 bits per heavy atom. The number of urea groups is 1. The zero-order valence-electron chi connectivity index (χ0n) is 15.6. The van der Waals surface area contributed by atoms with E-state index in [9.17, 15) is 4.79 Å². The SMILES string of the molecule is Cc1ccnc(Nc2cccc(-c3cnc(C4CCN(C(N)=O)CC4)s3)n2)c1. The Labute approximate surface area is 167 Å². The molecule has 0 atom stereocenters. The van der Waals surface area contributed by atoms with Crippen LogP contribution in [-0.2, 0) is 0 Å². The Kier molecular flexibility index (Phi) is 5.21. The molecule has 4 heterocycles. The number of pyridine rings is 2. The van der Waals surface area contributed by atoms with Crippen molar-refractivity contribution in [3.05, 3.63) is 53.3 Å². The number of likely N-dealkylation sites (tertiary alicyclic amines) is 1. The number of thiazole rings is 1. The summed E-state index contributed by atoms with van der Waals surface area (Å²) in [7, 11) is 0. The maximum atomic E-state index is 11.3. The Morgan fingerprint density at radius 2 is 2.04 bits per heavy atom. The molecular formula is C20H22N6OS. The molecule has 0 unspecified atom stereocenters. The number of aryl methyl sites for hydroxylation is 1. The lowest BCUT2D eigenvalue weighted by Gasteiger charge is -2.29. The van der Waals surface area contributed by atoms with Gasteiger partial charge in [0.2, 0.25) is 0 Å². The van der Waals surface area contributed by atoms with Gasteiger partial charge in [-0.2, -0.15) is 0 Å². The van der Waals surface area contributed by atoms with Gasteiger partial charge >= 0.3 is 6.03 Å². The lowest BCUT2D eigenvalue weighted by molar-refractivity contribution is 0.190. The number of hydrogen-bond acceptors (Lipinski definition) is 6. The smallest absolute Gasteiger partial charge is 0.314 e. The molecule has 1 aliphatic rings. The number of carbonyl (C=O) groups excluding carboxylic acids is 1. The van der Waals surface area contributed by atoms with E-state index in [2.05, 4.69) is 15.3 Å². The maximum Gasteiger partial charge on any atom is 0.314 e. The van der Waals surface area contributed by atoms with Crippen LogP contribution in [-0.4, -0.2) is 39.0 Å². The van der Waals surface area contributed by atoms with Crippen molar-refractivity contribution in [2.45, 2.75) is 25.7 Å². The summed E-state index contributed by atoms with van der Waals surface area (Å²) in [5, 5.41) is 4.35. The minimum atomic E-state index is -0.338. The van der Waals surface area contributed by atoms with E-state index in [1.807, 2.05) is 43.5 Å². The van der Waals surface area contributed by atoms with Crippen LogP contribution in [0.3, 0.4) is 0 Å². The highest BCUT2D eigenvalue weighted by atomic mass is 32.1. The predicted molar refractivity (Wildman–Crippen MR) is 111 cm³/mol. The Bertz CT molecular complexity index is 980. The minimum Gasteiger partial charge on any atom is -0.351 e. The highest BCUT2D eigenvalue weighted by molar-refractivity contribution is 7.15. The van der Waals surface area contributed by atoms with E-state index in [1.54, 1.807) is 22.4 Å². The van der Waals surface area contributed by atoms with Gasteiger partial charge in [-0.15, -0.1) is 11.3 Å². The predicted octanol–water partition coefficient (Wildman–Crippen LogP) is 3.91. The molecule has 0 radical (unpaired) electrons. The van der Waals surface area contributed by atoms with Crippen molar-refractivity contribution in [3.8, 4) is 10.6 Å². The van der Waals surface area contributed by atoms with Crippen molar-refractivity contribution in [2.24, 2.45) is 5.73 Å². The van der Waals surface area contributed by atoms with E-state index in [4.69, 9.17) is 10.7 Å². The average molecular weight is 395 g/mol. The first kappa shape index (κ1) is 18.4. The lowest BCUT2D eigenvalue weighted by atomic mass is 9.98. The maximum absolute atomic E-state index is 11.3. The number of primary amides is 1. The number of hydrogen-bond donors (Lipinski definition) is 2. The summed E-state index contributed by atoms with van der Waals surface area (Å²) in [5.41, 5.74) is 7.39. The molecule has 3 aromatic heterocycles. The summed E-state index contributed by atoms with van der Waals surface area (Å²) in [6, 6.07) is 9.50. The molecule has 3 N–H and O–H groups in total. The van der Waals surface area contributed by atoms with Gasteiger partial charge in [-0.3, -0.25) is 0 Å². The summed E-state index contributed by atoms with van der Waals surface area (Å²) in [5.74, 6) is 1.89. The van der Waals surface area contributed by atoms with Crippen LogP contribution in [0, 0.1) is 6.92 Å². The molecule has 0 spiro atoms. The zero-order chi connectivity index (χ0) is 19.5. The number of carbonyl (C=O) groups is 1. The molecular weight excluding hydrogens is 372 g/mol. The second kappa shape index (κ2) is 7.93. The van der Waals surface area contributed by atoms with Gasteiger partial charge in [0.05, 0.1) is 15.6 Å². The van der Waals surface area contributed by atoms with Crippen LogP contribution in [0.25, 0.3) is 10.6 Å². The summed E-state index contributed by atoms with van der Waals surface area (Å²) < 4.78 is 0. The van der Waals surface area contributed by atoms with Crippen LogP contribution >= 0.6 is 11.3 Å². The van der Waals surface area contributed by atoms with Gasteiger partial charge in [-0.1, -0.05) is 6.07 Å². The standard InChI is InChI=1S/C20H22N6OS/c1-13-5-8-22-18(11-13)25-17-4-2-3-15(24-17)16-12-23-19(28-16)14-6-9-26(10-7-14)20(21)27/h2-5,8,11-12,14H,6-7,9-10H2,1H3,(H2,21,27)(H,22,24,25). The molecule has 1 saturated heterocycles. The molecule has 2 amide bonds. The van der Waals surface area contributed by atoms with Crippen LogP contribution < -0.4 is 11.1 Å². The minimum absolute atomic E-state index is 0.338. The number of anilines is 2. The molecule has 4 rings (SSSR count). The van der Waals surface area contributed by atoms with Gasteiger partial charge < -0.3 is 16.0 Å². The Morgan fingerprint density at radius 3 is 2.79 bits per heavy atom. The number of piperidine rings is 1. The van der Waals surface area contributed by atoms with E-state index >= 15 is 0 Å². The van der Waals surface area contributed by atoms with Crippen LogP contribution in [0.5, 0.6) is 0 Å². The Hall–Kier alpha value is -3.00. The molecule has 7 nitrogen and oxygen atoms in total. The molecule has 8 heteroatoms. The highest BCUT2D eigenvalue weighted by Crippen LogP contribution is 2.34. The quantitative estimate of drug-likeness (QED) is 0.699. The fourth-order valence-corrected chi connectivity index (χ4v) is 4.38. The number of nitrogens with two attached hydrogens (primary N) is 1. The molecule has 0 aromatic carbocycles. The highest BCUT2D eigenvalue weighted by Gasteiger charge is 2.24. The van der Waals surface area contributed by atoms with E-state index < -0.39 is 0 Å². The van der Waals surface area contributed by atoms with E-state index in [1.165, 1.54) is 0 Å². The van der Waals surface area contributed by atoms with Gasteiger partial charge in [0.15, 0.2) is 0 Å². The molecule has 144 valence electrons. The van der Waals surface area contributed by atoms with Crippen LogP contribution in [0.15, 0.2) is 42.7 Å². The van der Waals surface area contributed by atoms with Crippen molar-refractivity contribution >= 4 is 29.0 Å². The van der Waals surface area contributed by atoms with Crippen molar-refractivity contribution in [1.82, 2.24) is 19.9 Å². The monoisotopic (exact) mass is 394 g/mol. The number of nitrogens with one attached hydrogen (secondary N) is 1. The van der Waals surface area contributed by atoms with Gasteiger partial charge in [0, 0.05) is 31.4 Å². The number of rotatable bonds is 4. The molecule has 28 heavy (non-hydrogen) atoms. The summed E-state index contributed by atoms with van der Waals surface area (Å²) in [6.07, 6.45) is 5.45. The molecule has 0 saturated carbocycles. The topological polar surface area (TPSA) is 97.0 Å².